The van der Waals surface area contributed by atoms with Crippen LogP contribution in [0.2, 0.25) is 0 Å². The zero-order chi connectivity index (χ0) is 16.6. The first-order valence-corrected chi connectivity index (χ1v) is 5.44. The zero-order valence-electron chi connectivity index (χ0n) is 10.8. The molecule has 0 aromatic heterocycles. The molecule has 0 aliphatic heterocycles. The van der Waals surface area contributed by atoms with Gasteiger partial charge < -0.3 is 31.9 Å². The van der Waals surface area contributed by atoms with Crippen molar-refractivity contribution in [3.8, 4) is 0 Å². The van der Waals surface area contributed by atoms with Crippen LogP contribution in [0.1, 0.15) is 25.7 Å². The summed E-state index contributed by atoms with van der Waals surface area (Å²) < 4.78 is 0. The number of rotatable bonds is 7. The van der Waals surface area contributed by atoms with E-state index in [1.165, 1.54) is 0 Å². The van der Waals surface area contributed by atoms with Gasteiger partial charge in [-0.3, -0.25) is 19.2 Å². The van der Waals surface area contributed by atoms with Crippen LogP contribution in [-0.4, -0.2) is 146 Å². The van der Waals surface area contributed by atoms with Gasteiger partial charge in [0.1, 0.15) is 0 Å². The van der Waals surface area contributed by atoms with Crippen LogP contribution >= 0.6 is 0 Å². The number of hydrogen-bond acceptors (Lipinski definition) is 6. The fourth-order valence-corrected chi connectivity index (χ4v) is 0.428. The topological polar surface area (TPSA) is 201 Å². The molecule has 0 saturated carbocycles. The van der Waals surface area contributed by atoms with E-state index in [4.69, 9.17) is 31.9 Å². The third kappa shape index (κ3) is 70.8. The van der Waals surface area contributed by atoms with E-state index < -0.39 is 23.9 Å². The Morgan fingerprint density at radius 3 is 0.696 bits per heavy atom. The second-order valence-corrected chi connectivity index (χ2v) is 3.15. The standard InChI is InChI=1S/2C4H6O4.C2H8N2.3Na.3H/c2*5-3(6)1-2-4(7)8;3-1-2-4;;;;;;/h2*1-2H2,(H,5,6)(H,7,8);1-4H2;;;;;;. The predicted molar refractivity (Wildman–Crippen MR) is 88.6 cm³/mol. The molecule has 13 heteroatoms. The van der Waals surface area contributed by atoms with Crippen LogP contribution in [0.15, 0.2) is 0 Å². The summed E-state index contributed by atoms with van der Waals surface area (Å²) >= 11 is 0. The van der Waals surface area contributed by atoms with E-state index in [9.17, 15) is 19.2 Å². The van der Waals surface area contributed by atoms with Gasteiger partial charge in [0.15, 0.2) is 0 Å². The minimum absolute atomic E-state index is 0. The third-order valence-electron chi connectivity index (χ3n) is 1.27. The number of nitrogens with two attached hydrogens (primary N) is 2. The maximum absolute atomic E-state index is 9.64. The molecule has 0 radical (unpaired) electrons. The van der Waals surface area contributed by atoms with Gasteiger partial charge in [-0.25, -0.2) is 0 Å². The molecule has 0 bridgehead atoms. The quantitative estimate of drug-likeness (QED) is 0.249. The first-order chi connectivity index (χ1) is 9.17. The zero-order valence-corrected chi connectivity index (χ0v) is 10.8. The Morgan fingerprint density at radius 1 is 0.522 bits per heavy atom. The van der Waals surface area contributed by atoms with Crippen LogP contribution in [-0.2, 0) is 19.2 Å². The number of carboxylic acid groups (broad SMARTS) is 4. The van der Waals surface area contributed by atoms with Crippen molar-refractivity contribution in [1.29, 1.82) is 0 Å². The molecule has 8 N–H and O–H groups in total. The van der Waals surface area contributed by atoms with Gasteiger partial charge in [0.25, 0.3) is 0 Å². The molecule has 0 aromatic carbocycles. The van der Waals surface area contributed by atoms with Gasteiger partial charge in [0.2, 0.25) is 0 Å². The van der Waals surface area contributed by atoms with Crippen molar-refractivity contribution in [2.75, 3.05) is 13.1 Å². The van der Waals surface area contributed by atoms with Crippen molar-refractivity contribution in [2.24, 2.45) is 11.5 Å². The Kier molecular flexibility index (Phi) is 52.0. The summed E-state index contributed by atoms with van der Waals surface area (Å²) in [5.74, 6) is -4.31. The van der Waals surface area contributed by atoms with E-state index in [-0.39, 0.29) is 114 Å². The second kappa shape index (κ2) is 30.7. The maximum atomic E-state index is 9.64. The molecule has 0 spiro atoms. The van der Waals surface area contributed by atoms with Crippen LogP contribution in [0.3, 0.4) is 0 Å². The fourth-order valence-electron chi connectivity index (χ4n) is 0.428. The molecule has 0 amide bonds. The van der Waals surface area contributed by atoms with Gasteiger partial charge in [-0.15, -0.1) is 0 Å². The summed E-state index contributed by atoms with van der Waals surface area (Å²) in [6.45, 7) is 1.19. The summed E-state index contributed by atoms with van der Waals surface area (Å²) in [7, 11) is 0. The average molecular weight is 368 g/mol. The second-order valence-electron chi connectivity index (χ2n) is 3.15. The number of aliphatic carboxylic acids is 4. The Labute approximate surface area is 200 Å². The van der Waals surface area contributed by atoms with Gasteiger partial charge >= 0.3 is 113 Å². The molecule has 0 atom stereocenters. The van der Waals surface area contributed by atoms with Crippen molar-refractivity contribution in [3.05, 3.63) is 0 Å². The molecule has 0 heterocycles. The molecule has 0 rings (SSSR count). The molecule has 10 nitrogen and oxygen atoms in total. The van der Waals surface area contributed by atoms with Gasteiger partial charge in [0, 0.05) is 13.1 Å². The van der Waals surface area contributed by atoms with Crippen molar-refractivity contribution in [1.82, 2.24) is 0 Å². The molecule has 0 aromatic rings. The van der Waals surface area contributed by atoms with Crippen LogP contribution in [0.25, 0.3) is 0 Å². The van der Waals surface area contributed by atoms with E-state index in [0.29, 0.717) is 13.1 Å². The molecular formula is C10H23N2Na3O8. The Morgan fingerprint density at radius 2 is 0.652 bits per heavy atom. The van der Waals surface area contributed by atoms with Crippen molar-refractivity contribution < 1.29 is 39.6 Å². The molecule has 0 fully saturated rings. The van der Waals surface area contributed by atoms with Gasteiger partial charge in [-0.2, -0.15) is 0 Å². The van der Waals surface area contributed by atoms with E-state index in [1.807, 2.05) is 0 Å². The first-order valence-electron chi connectivity index (χ1n) is 5.44. The van der Waals surface area contributed by atoms with Crippen LogP contribution in [0, 0.1) is 0 Å². The normalized spacial score (nSPS) is 7.22. The SMILES string of the molecule is NCCN.O=C(O)CCC(=O)O.O=C(O)CCC(=O)O.[NaH].[NaH].[NaH]. The Bertz CT molecular complexity index is 260. The summed E-state index contributed by atoms with van der Waals surface area (Å²) in [6, 6.07) is 0. The van der Waals surface area contributed by atoms with Crippen LogP contribution in [0.5, 0.6) is 0 Å². The fraction of sp³-hybridized carbons (Fsp3) is 0.600. The Balaban J connectivity index is -0.0000000464. The van der Waals surface area contributed by atoms with E-state index in [0.717, 1.165) is 0 Å². The van der Waals surface area contributed by atoms with Gasteiger partial charge in [-0.05, 0) is 0 Å². The molecule has 23 heavy (non-hydrogen) atoms. The molecule has 124 valence electrons. The van der Waals surface area contributed by atoms with Crippen LogP contribution in [0.4, 0.5) is 0 Å². The molecule has 0 aliphatic rings. The van der Waals surface area contributed by atoms with Gasteiger partial charge in [-0.1, -0.05) is 0 Å². The minimum atomic E-state index is -1.08. The number of carboxylic acids is 4. The third-order valence-corrected chi connectivity index (χ3v) is 1.27. The van der Waals surface area contributed by atoms with E-state index in [2.05, 4.69) is 0 Å². The Hall–Kier alpha value is 0.800. The van der Waals surface area contributed by atoms with Crippen LogP contribution < -0.4 is 11.5 Å². The average Bonchev–Trinajstić information content (AvgIpc) is 2.35. The monoisotopic (exact) mass is 368 g/mol. The number of hydrogen-bond donors (Lipinski definition) is 6. The van der Waals surface area contributed by atoms with Crippen molar-refractivity contribution in [3.63, 3.8) is 0 Å². The molecule has 0 unspecified atom stereocenters. The summed E-state index contributed by atoms with van der Waals surface area (Å²) in [6.07, 6.45) is -1.19. The molecule has 0 saturated heterocycles. The number of carbonyl (C=O) groups is 4. The molecular weight excluding hydrogens is 345 g/mol. The summed E-state index contributed by atoms with van der Waals surface area (Å²) in [5.41, 5.74) is 9.81. The van der Waals surface area contributed by atoms with Crippen molar-refractivity contribution >= 4 is 113 Å². The van der Waals surface area contributed by atoms with E-state index >= 15 is 0 Å². The van der Waals surface area contributed by atoms with E-state index in [1.54, 1.807) is 0 Å². The summed E-state index contributed by atoms with van der Waals surface area (Å²) in [4.78, 5) is 38.6. The molecule has 0 aliphatic carbocycles. The van der Waals surface area contributed by atoms with Gasteiger partial charge in [0.05, 0.1) is 25.7 Å². The first kappa shape index (κ1) is 39.0. The van der Waals surface area contributed by atoms with Crippen molar-refractivity contribution in [2.45, 2.75) is 25.7 Å². The summed E-state index contributed by atoms with van der Waals surface area (Å²) in [5, 5.41) is 31.6. The predicted octanol–water partition coefficient (Wildman–Crippen LogP) is -3.17.